The number of rotatable bonds is 4. The second kappa shape index (κ2) is 6.53. The summed E-state index contributed by atoms with van der Waals surface area (Å²) < 4.78 is 42.3. The van der Waals surface area contributed by atoms with Crippen molar-refractivity contribution in [3.05, 3.63) is 23.8 Å². The smallest absolute Gasteiger partial charge is 0.401 e. The maximum Gasteiger partial charge on any atom is 0.401 e. The lowest BCUT2D eigenvalue weighted by atomic mass is 10.1. The van der Waals surface area contributed by atoms with Crippen LogP contribution in [0.2, 0.25) is 0 Å². The first-order valence-electron chi connectivity index (χ1n) is 6.81. The fourth-order valence-electron chi connectivity index (χ4n) is 2.52. The number of hydrogen-bond donors (Lipinski definition) is 1. The number of ether oxygens (including phenoxy) is 1. The van der Waals surface area contributed by atoms with E-state index in [2.05, 4.69) is 4.90 Å². The molecule has 2 rings (SSSR count). The molecule has 1 saturated heterocycles. The third kappa shape index (κ3) is 4.78. The summed E-state index contributed by atoms with van der Waals surface area (Å²) in [6.45, 7) is 1.85. The van der Waals surface area contributed by atoms with Gasteiger partial charge in [-0.25, -0.2) is 0 Å². The standard InChI is InChI=1S/C14H20F3N3O/c1-21-13-3-2-12(18)8-11(13)9-19-4-6-20(7-5-19)10-14(15,16)17/h2-3,8H,4-7,9-10,18H2,1H3. The van der Waals surface area contributed by atoms with E-state index < -0.39 is 12.7 Å². The van der Waals surface area contributed by atoms with Gasteiger partial charge >= 0.3 is 6.18 Å². The summed E-state index contributed by atoms with van der Waals surface area (Å²) in [5, 5.41) is 0. The van der Waals surface area contributed by atoms with E-state index in [4.69, 9.17) is 10.5 Å². The van der Waals surface area contributed by atoms with Crippen LogP contribution in [0, 0.1) is 0 Å². The zero-order chi connectivity index (χ0) is 15.5. The SMILES string of the molecule is COc1ccc(N)cc1CN1CCN(CC(F)(F)F)CC1. The Balaban J connectivity index is 1.90. The van der Waals surface area contributed by atoms with Gasteiger partial charge < -0.3 is 10.5 Å². The van der Waals surface area contributed by atoms with E-state index in [-0.39, 0.29) is 0 Å². The lowest BCUT2D eigenvalue weighted by molar-refractivity contribution is -0.149. The molecule has 0 amide bonds. The lowest BCUT2D eigenvalue weighted by Crippen LogP contribution is -2.48. The number of methoxy groups -OCH3 is 1. The fraction of sp³-hybridized carbons (Fsp3) is 0.571. The Morgan fingerprint density at radius 1 is 1.14 bits per heavy atom. The first-order chi connectivity index (χ1) is 9.87. The number of anilines is 1. The highest BCUT2D eigenvalue weighted by atomic mass is 19.4. The third-order valence-corrected chi connectivity index (χ3v) is 3.57. The van der Waals surface area contributed by atoms with Crippen molar-refractivity contribution < 1.29 is 17.9 Å². The Labute approximate surface area is 122 Å². The van der Waals surface area contributed by atoms with Gasteiger partial charge in [-0.3, -0.25) is 9.80 Å². The molecule has 0 atom stereocenters. The predicted octanol–water partition coefficient (Wildman–Crippen LogP) is 1.96. The maximum absolute atomic E-state index is 12.3. The third-order valence-electron chi connectivity index (χ3n) is 3.57. The Kier molecular flexibility index (Phi) is 4.95. The molecular formula is C14H20F3N3O. The van der Waals surface area contributed by atoms with Gasteiger partial charge in [0, 0.05) is 44.0 Å². The minimum Gasteiger partial charge on any atom is -0.496 e. The van der Waals surface area contributed by atoms with Crippen LogP contribution in [0.25, 0.3) is 0 Å². The Bertz CT molecular complexity index is 471. The summed E-state index contributed by atoms with van der Waals surface area (Å²) in [5.41, 5.74) is 7.39. The molecule has 1 aromatic rings. The summed E-state index contributed by atoms with van der Waals surface area (Å²) in [6.07, 6.45) is -4.13. The summed E-state index contributed by atoms with van der Waals surface area (Å²) in [4.78, 5) is 3.55. The van der Waals surface area contributed by atoms with Crippen molar-refractivity contribution in [2.24, 2.45) is 0 Å². The van der Waals surface area contributed by atoms with E-state index in [1.54, 1.807) is 13.2 Å². The normalized spacial score (nSPS) is 17.9. The van der Waals surface area contributed by atoms with Gasteiger partial charge in [0.25, 0.3) is 0 Å². The zero-order valence-corrected chi connectivity index (χ0v) is 12.0. The van der Waals surface area contributed by atoms with Gasteiger partial charge in [-0.15, -0.1) is 0 Å². The number of piperazine rings is 1. The Morgan fingerprint density at radius 3 is 2.33 bits per heavy atom. The highest BCUT2D eigenvalue weighted by molar-refractivity contribution is 5.47. The summed E-state index contributed by atoms with van der Waals surface area (Å²) >= 11 is 0. The molecule has 0 bridgehead atoms. The van der Waals surface area contributed by atoms with Gasteiger partial charge in [0.1, 0.15) is 5.75 Å². The van der Waals surface area contributed by atoms with Crippen molar-refractivity contribution in [1.29, 1.82) is 0 Å². The molecule has 1 aliphatic rings. The van der Waals surface area contributed by atoms with E-state index in [1.165, 1.54) is 4.90 Å². The van der Waals surface area contributed by atoms with Crippen LogP contribution in [0.4, 0.5) is 18.9 Å². The van der Waals surface area contributed by atoms with Gasteiger partial charge in [-0.2, -0.15) is 13.2 Å². The minimum atomic E-state index is -4.13. The molecule has 2 N–H and O–H groups in total. The van der Waals surface area contributed by atoms with Crippen LogP contribution in [0.5, 0.6) is 5.75 Å². The van der Waals surface area contributed by atoms with E-state index in [0.29, 0.717) is 38.4 Å². The lowest BCUT2D eigenvalue weighted by Gasteiger charge is -2.35. The molecule has 1 aromatic carbocycles. The van der Waals surface area contributed by atoms with Crippen molar-refractivity contribution in [2.45, 2.75) is 12.7 Å². The van der Waals surface area contributed by atoms with Crippen LogP contribution < -0.4 is 10.5 Å². The number of nitrogen functional groups attached to an aromatic ring is 1. The van der Waals surface area contributed by atoms with Crippen molar-refractivity contribution in [3.63, 3.8) is 0 Å². The summed E-state index contributed by atoms with van der Waals surface area (Å²) in [7, 11) is 1.59. The molecule has 4 nitrogen and oxygen atoms in total. The summed E-state index contributed by atoms with van der Waals surface area (Å²) in [6, 6.07) is 5.43. The number of benzene rings is 1. The molecule has 7 heteroatoms. The van der Waals surface area contributed by atoms with Crippen molar-refractivity contribution in [2.75, 3.05) is 45.6 Å². The monoisotopic (exact) mass is 303 g/mol. The molecule has 1 fully saturated rings. The number of hydrogen-bond acceptors (Lipinski definition) is 4. The second-order valence-electron chi connectivity index (χ2n) is 5.24. The molecule has 0 aliphatic carbocycles. The van der Waals surface area contributed by atoms with Gasteiger partial charge in [0.15, 0.2) is 0 Å². The van der Waals surface area contributed by atoms with Crippen molar-refractivity contribution in [1.82, 2.24) is 9.80 Å². The topological polar surface area (TPSA) is 41.7 Å². The van der Waals surface area contributed by atoms with Gasteiger partial charge in [-0.1, -0.05) is 0 Å². The largest absolute Gasteiger partial charge is 0.496 e. The highest BCUT2D eigenvalue weighted by Crippen LogP contribution is 2.23. The van der Waals surface area contributed by atoms with E-state index in [9.17, 15) is 13.2 Å². The molecule has 0 radical (unpaired) electrons. The first-order valence-corrected chi connectivity index (χ1v) is 6.81. The van der Waals surface area contributed by atoms with E-state index in [1.807, 2.05) is 12.1 Å². The van der Waals surface area contributed by atoms with Gasteiger partial charge in [0.05, 0.1) is 13.7 Å². The number of nitrogens with two attached hydrogens (primary N) is 1. The van der Waals surface area contributed by atoms with Crippen LogP contribution in [0.1, 0.15) is 5.56 Å². The molecule has 21 heavy (non-hydrogen) atoms. The number of alkyl halides is 3. The Hall–Kier alpha value is -1.47. The molecule has 118 valence electrons. The van der Waals surface area contributed by atoms with Crippen LogP contribution in [-0.2, 0) is 6.54 Å². The highest BCUT2D eigenvalue weighted by Gasteiger charge is 2.32. The molecule has 1 aliphatic heterocycles. The van der Waals surface area contributed by atoms with Crippen LogP contribution >= 0.6 is 0 Å². The minimum absolute atomic E-state index is 0.421. The van der Waals surface area contributed by atoms with E-state index >= 15 is 0 Å². The average Bonchev–Trinajstić information content (AvgIpc) is 2.40. The number of halogens is 3. The fourth-order valence-corrected chi connectivity index (χ4v) is 2.52. The van der Waals surface area contributed by atoms with E-state index in [0.717, 1.165) is 11.3 Å². The quantitative estimate of drug-likeness (QED) is 0.864. The molecular weight excluding hydrogens is 283 g/mol. The second-order valence-corrected chi connectivity index (χ2v) is 5.24. The molecule has 0 saturated carbocycles. The zero-order valence-electron chi connectivity index (χ0n) is 12.0. The van der Waals surface area contributed by atoms with Crippen LogP contribution in [-0.4, -0.2) is 55.8 Å². The summed E-state index contributed by atoms with van der Waals surface area (Å²) in [5.74, 6) is 0.752. The molecule has 1 heterocycles. The molecule has 0 spiro atoms. The molecule has 0 aromatic heterocycles. The number of nitrogens with zero attached hydrogens (tertiary/aromatic N) is 2. The van der Waals surface area contributed by atoms with Crippen LogP contribution in [0.15, 0.2) is 18.2 Å². The average molecular weight is 303 g/mol. The molecule has 0 unspecified atom stereocenters. The Morgan fingerprint density at radius 2 is 1.76 bits per heavy atom. The van der Waals surface area contributed by atoms with Gasteiger partial charge in [-0.05, 0) is 18.2 Å². The maximum atomic E-state index is 12.3. The van der Waals surface area contributed by atoms with Crippen LogP contribution in [0.3, 0.4) is 0 Å². The van der Waals surface area contributed by atoms with Crippen molar-refractivity contribution in [3.8, 4) is 5.75 Å². The first kappa shape index (κ1) is 15.9. The predicted molar refractivity (Wildman–Crippen MR) is 75.2 cm³/mol. The van der Waals surface area contributed by atoms with Gasteiger partial charge in [0.2, 0.25) is 0 Å². The van der Waals surface area contributed by atoms with Crippen molar-refractivity contribution >= 4 is 5.69 Å².